The second kappa shape index (κ2) is 8.69. The van der Waals surface area contributed by atoms with Gasteiger partial charge in [0.25, 0.3) is 0 Å². The SMILES string of the molecule is COc1ccccc1CNc1cc(-c2cccnc2)nc(NC2CCCC2)n1. The van der Waals surface area contributed by atoms with Crippen molar-refractivity contribution in [2.75, 3.05) is 17.7 Å². The van der Waals surface area contributed by atoms with Crippen LogP contribution in [0.3, 0.4) is 0 Å². The Labute approximate surface area is 165 Å². The highest BCUT2D eigenvalue weighted by molar-refractivity contribution is 5.63. The molecule has 0 aliphatic heterocycles. The smallest absolute Gasteiger partial charge is 0.225 e. The third kappa shape index (κ3) is 4.39. The number of para-hydroxylation sites is 1. The summed E-state index contributed by atoms with van der Waals surface area (Å²) in [6, 6.07) is 14.3. The van der Waals surface area contributed by atoms with Crippen LogP contribution in [-0.2, 0) is 6.54 Å². The molecule has 0 radical (unpaired) electrons. The van der Waals surface area contributed by atoms with Crippen LogP contribution in [0, 0.1) is 0 Å². The third-order valence-corrected chi connectivity index (χ3v) is 5.02. The van der Waals surface area contributed by atoms with E-state index in [1.165, 1.54) is 25.7 Å². The fraction of sp³-hybridized carbons (Fsp3) is 0.318. The lowest BCUT2D eigenvalue weighted by Gasteiger charge is -2.15. The monoisotopic (exact) mass is 375 g/mol. The van der Waals surface area contributed by atoms with Gasteiger partial charge in [-0.25, -0.2) is 4.98 Å². The van der Waals surface area contributed by atoms with Gasteiger partial charge in [-0.1, -0.05) is 31.0 Å². The quantitative estimate of drug-likeness (QED) is 0.633. The third-order valence-electron chi connectivity index (χ3n) is 5.02. The van der Waals surface area contributed by atoms with Gasteiger partial charge in [-0.3, -0.25) is 4.98 Å². The lowest BCUT2D eigenvalue weighted by Crippen LogP contribution is -2.17. The molecule has 6 nitrogen and oxygen atoms in total. The van der Waals surface area contributed by atoms with E-state index in [4.69, 9.17) is 14.7 Å². The summed E-state index contributed by atoms with van der Waals surface area (Å²) < 4.78 is 5.45. The molecule has 2 N–H and O–H groups in total. The predicted octanol–water partition coefficient (Wildman–Crippen LogP) is 4.51. The van der Waals surface area contributed by atoms with E-state index in [0.29, 0.717) is 18.5 Å². The van der Waals surface area contributed by atoms with Crippen molar-refractivity contribution in [2.24, 2.45) is 0 Å². The maximum Gasteiger partial charge on any atom is 0.225 e. The molecule has 0 amide bonds. The van der Waals surface area contributed by atoms with Crippen LogP contribution < -0.4 is 15.4 Å². The fourth-order valence-corrected chi connectivity index (χ4v) is 3.55. The van der Waals surface area contributed by atoms with E-state index < -0.39 is 0 Å². The van der Waals surface area contributed by atoms with Gasteiger partial charge in [0.1, 0.15) is 11.6 Å². The average molecular weight is 375 g/mol. The molecule has 1 aromatic carbocycles. The Balaban J connectivity index is 1.59. The van der Waals surface area contributed by atoms with Crippen molar-refractivity contribution in [3.8, 4) is 17.0 Å². The van der Waals surface area contributed by atoms with Crippen molar-refractivity contribution >= 4 is 11.8 Å². The maximum absolute atomic E-state index is 5.45. The molecule has 6 heteroatoms. The predicted molar refractivity (Wildman–Crippen MR) is 111 cm³/mol. The molecule has 0 spiro atoms. The van der Waals surface area contributed by atoms with Crippen LogP contribution in [0.25, 0.3) is 11.3 Å². The first kappa shape index (κ1) is 18.2. The molecule has 28 heavy (non-hydrogen) atoms. The molecular weight excluding hydrogens is 350 g/mol. The molecule has 1 aliphatic rings. The zero-order valence-electron chi connectivity index (χ0n) is 16.1. The minimum Gasteiger partial charge on any atom is -0.496 e. The van der Waals surface area contributed by atoms with Gasteiger partial charge in [-0.05, 0) is 31.0 Å². The number of pyridine rings is 1. The first-order valence-corrected chi connectivity index (χ1v) is 9.73. The van der Waals surface area contributed by atoms with Crippen LogP contribution in [0.15, 0.2) is 54.9 Å². The van der Waals surface area contributed by atoms with Gasteiger partial charge in [0.15, 0.2) is 0 Å². The number of methoxy groups -OCH3 is 1. The van der Waals surface area contributed by atoms with Crippen molar-refractivity contribution < 1.29 is 4.74 Å². The molecule has 0 unspecified atom stereocenters. The van der Waals surface area contributed by atoms with E-state index in [0.717, 1.165) is 28.4 Å². The van der Waals surface area contributed by atoms with Gasteiger partial charge in [0, 0.05) is 42.2 Å². The standard InChI is InChI=1S/C22H25N5O/c1-28-20-11-5-2-7-17(20)15-24-21-13-19(16-8-6-12-23-14-16)26-22(27-21)25-18-9-3-4-10-18/h2,5-8,11-14,18H,3-4,9-10,15H2,1H3,(H2,24,25,26,27). The van der Waals surface area contributed by atoms with Crippen LogP contribution in [0.1, 0.15) is 31.2 Å². The van der Waals surface area contributed by atoms with Crippen LogP contribution in [0.5, 0.6) is 5.75 Å². The van der Waals surface area contributed by atoms with Crippen molar-refractivity contribution in [3.63, 3.8) is 0 Å². The minimum absolute atomic E-state index is 0.450. The molecule has 0 saturated heterocycles. The number of nitrogens with one attached hydrogen (secondary N) is 2. The number of nitrogens with zero attached hydrogens (tertiary/aromatic N) is 3. The molecule has 0 atom stereocenters. The molecule has 1 fully saturated rings. The summed E-state index contributed by atoms with van der Waals surface area (Å²) in [5.41, 5.74) is 2.91. The van der Waals surface area contributed by atoms with Crippen molar-refractivity contribution in [2.45, 2.75) is 38.3 Å². The summed E-state index contributed by atoms with van der Waals surface area (Å²) in [6.45, 7) is 0.621. The highest BCUT2D eigenvalue weighted by atomic mass is 16.5. The Morgan fingerprint density at radius 1 is 1.07 bits per heavy atom. The summed E-state index contributed by atoms with van der Waals surface area (Å²) in [5.74, 6) is 2.30. The molecular formula is C22H25N5O. The number of hydrogen-bond acceptors (Lipinski definition) is 6. The lowest BCUT2D eigenvalue weighted by molar-refractivity contribution is 0.410. The molecule has 2 aromatic heterocycles. The fourth-order valence-electron chi connectivity index (χ4n) is 3.55. The normalized spacial score (nSPS) is 14.0. The summed E-state index contributed by atoms with van der Waals surface area (Å²) in [6.07, 6.45) is 8.46. The van der Waals surface area contributed by atoms with Crippen molar-refractivity contribution in [1.82, 2.24) is 15.0 Å². The zero-order valence-corrected chi connectivity index (χ0v) is 16.1. The van der Waals surface area contributed by atoms with E-state index in [1.807, 2.05) is 48.7 Å². The molecule has 3 aromatic rings. The van der Waals surface area contributed by atoms with Gasteiger partial charge in [0.05, 0.1) is 12.8 Å². The van der Waals surface area contributed by atoms with E-state index in [-0.39, 0.29) is 0 Å². The maximum atomic E-state index is 5.45. The van der Waals surface area contributed by atoms with Gasteiger partial charge < -0.3 is 15.4 Å². The molecule has 2 heterocycles. The van der Waals surface area contributed by atoms with Crippen LogP contribution in [-0.4, -0.2) is 28.1 Å². The Hall–Kier alpha value is -3.15. The Morgan fingerprint density at radius 3 is 2.71 bits per heavy atom. The number of rotatable bonds is 7. The Morgan fingerprint density at radius 2 is 1.93 bits per heavy atom. The largest absolute Gasteiger partial charge is 0.496 e. The minimum atomic E-state index is 0.450. The molecule has 1 saturated carbocycles. The van der Waals surface area contributed by atoms with Gasteiger partial charge in [-0.15, -0.1) is 0 Å². The Kier molecular flexibility index (Phi) is 5.66. The van der Waals surface area contributed by atoms with Crippen molar-refractivity contribution in [1.29, 1.82) is 0 Å². The van der Waals surface area contributed by atoms with Crippen LogP contribution >= 0.6 is 0 Å². The van der Waals surface area contributed by atoms with Crippen molar-refractivity contribution in [3.05, 3.63) is 60.4 Å². The highest BCUT2D eigenvalue weighted by Gasteiger charge is 2.17. The number of anilines is 2. The summed E-state index contributed by atoms with van der Waals surface area (Å²) >= 11 is 0. The first-order valence-electron chi connectivity index (χ1n) is 9.73. The Bertz CT molecular complexity index is 910. The number of ether oxygens (including phenoxy) is 1. The van der Waals surface area contributed by atoms with E-state index >= 15 is 0 Å². The second-order valence-corrected chi connectivity index (χ2v) is 6.99. The second-order valence-electron chi connectivity index (χ2n) is 6.99. The van der Waals surface area contributed by atoms with Crippen LogP contribution in [0.4, 0.5) is 11.8 Å². The van der Waals surface area contributed by atoms with Gasteiger partial charge in [0.2, 0.25) is 5.95 Å². The molecule has 144 valence electrons. The molecule has 1 aliphatic carbocycles. The molecule has 0 bridgehead atoms. The topological polar surface area (TPSA) is 72.0 Å². The summed E-state index contributed by atoms with van der Waals surface area (Å²) in [4.78, 5) is 13.6. The summed E-state index contributed by atoms with van der Waals surface area (Å²) in [7, 11) is 1.69. The highest BCUT2D eigenvalue weighted by Crippen LogP contribution is 2.25. The van der Waals surface area contributed by atoms with Gasteiger partial charge >= 0.3 is 0 Å². The number of benzene rings is 1. The summed E-state index contributed by atoms with van der Waals surface area (Å²) in [5, 5.41) is 6.92. The number of aromatic nitrogens is 3. The molecule has 4 rings (SSSR count). The average Bonchev–Trinajstić information content (AvgIpc) is 3.26. The zero-order chi connectivity index (χ0) is 19.2. The van der Waals surface area contributed by atoms with Crippen LogP contribution in [0.2, 0.25) is 0 Å². The lowest BCUT2D eigenvalue weighted by atomic mass is 10.2. The van der Waals surface area contributed by atoms with E-state index in [2.05, 4.69) is 15.6 Å². The van der Waals surface area contributed by atoms with E-state index in [9.17, 15) is 0 Å². The van der Waals surface area contributed by atoms with E-state index in [1.54, 1.807) is 13.3 Å². The first-order chi connectivity index (χ1) is 13.8. The number of hydrogen-bond donors (Lipinski definition) is 2. The van der Waals surface area contributed by atoms with Gasteiger partial charge in [-0.2, -0.15) is 4.98 Å².